The van der Waals surface area contributed by atoms with Gasteiger partial charge in [0.1, 0.15) is 18.2 Å². The molecule has 0 aromatic carbocycles. The molecular formula is C13H18N6O2. The number of carbonyl (C=O) groups excluding carboxylic acids is 1. The maximum atomic E-state index is 12.2. The van der Waals surface area contributed by atoms with Gasteiger partial charge in [0, 0.05) is 31.4 Å². The molecule has 0 saturated carbocycles. The molecule has 2 aromatic rings. The van der Waals surface area contributed by atoms with Gasteiger partial charge in [0.25, 0.3) is 5.78 Å². The summed E-state index contributed by atoms with van der Waals surface area (Å²) in [5.74, 6) is 1.12. The Labute approximate surface area is 122 Å². The number of fused-ring (bicyclic) bond motifs is 1. The molecular weight excluding hydrogens is 272 g/mol. The van der Waals surface area contributed by atoms with Crippen molar-refractivity contribution in [1.29, 1.82) is 0 Å². The van der Waals surface area contributed by atoms with Crippen molar-refractivity contribution in [3.05, 3.63) is 18.1 Å². The Balaban J connectivity index is 2.02. The van der Waals surface area contributed by atoms with E-state index in [2.05, 4.69) is 20.4 Å². The summed E-state index contributed by atoms with van der Waals surface area (Å²) in [5, 5.41) is 7.43. The van der Waals surface area contributed by atoms with E-state index in [1.165, 1.54) is 6.33 Å². The first kappa shape index (κ1) is 13.7. The van der Waals surface area contributed by atoms with Crippen molar-refractivity contribution in [3.8, 4) is 0 Å². The number of carbonyl (C=O) groups is 1. The van der Waals surface area contributed by atoms with Crippen LogP contribution < -0.4 is 10.2 Å². The Morgan fingerprint density at radius 1 is 1.57 bits per heavy atom. The van der Waals surface area contributed by atoms with Gasteiger partial charge in [0.05, 0.1) is 6.61 Å². The summed E-state index contributed by atoms with van der Waals surface area (Å²) in [6, 6.07) is 1.55. The quantitative estimate of drug-likeness (QED) is 0.782. The summed E-state index contributed by atoms with van der Waals surface area (Å²) in [6.07, 6.45) is 1.47. The molecule has 112 valence electrons. The molecule has 1 saturated heterocycles. The minimum absolute atomic E-state index is 0.229. The van der Waals surface area contributed by atoms with E-state index in [0.717, 1.165) is 18.1 Å². The third-order valence-electron chi connectivity index (χ3n) is 3.46. The number of rotatable bonds is 3. The van der Waals surface area contributed by atoms with E-state index in [4.69, 9.17) is 4.74 Å². The van der Waals surface area contributed by atoms with Gasteiger partial charge >= 0.3 is 5.97 Å². The number of nitrogens with zero attached hydrogens (tertiary/aromatic N) is 5. The summed E-state index contributed by atoms with van der Waals surface area (Å²) in [6.45, 7) is 6.13. The zero-order valence-electron chi connectivity index (χ0n) is 12.1. The average Bonchev–Trinajstić information content (AvgIpc) is 2.94. The zero-order chi connectivity index (χ0) is 14.8. The molecule has 1 aliphatic heterocycles. The highest BCUT2D eigenvalue weighted by atomic mass is 16.5. The number of nitrogens with one attached hydrogen (secondary N) is 1. The fourth-order valence-corrected chi connectivity index (χ4v) is 2.54. The monoisotopic (exact) mass is 290 g/mol. The molecule has 1 fully saturated rings. The Hall–Kier alpha value is -2.22. The Morgan fingerprint density at radius 3 is 3.24 bits per heavy atom. The number of aromatic nitrogens is 4. The fourth-order valence-electron chi connectivity index (χ4n) is 2.54. The van der Waals surface area contributed by atoms with Gasteiger partial charge in [-0.15, -0.1) is 0 Å². The van der Waals surface area contributed by atoms with Crippen molar-refractivity contribution >= 4 is 17.6 Å². The summed E-state index contributed by atoms with van der Waals surface area (Å²) in [7, 11) is 0. The Bertz CT molecular complexity index is 655. The molecule has 8 heteroatoms. The van der Waals surface area contributed by atoms with Gasteiger partial charge in [-0.3, -0.25) is 0 Å². The Kier molecular flexibility index (Phi) is 3.70. The lowest BCUT2D eigenvalue weighted by molar-refractivity contribution is -0.144. The zero-order valence-corrected chi connectivity index (χ0v) is 12.1. The van der Waals surface area contributed by atoms with Crippen molar-refractivity contribution < 1.29 is 9.53 Å². The van der Waals surface area contributed by atoms with Crippen LogP contribution in [0.5, 0.6) is 0 Å². The smallest absolute Gasteiger partial charge is 0.330 e. The molecule has 2 aromatic heterocycles. The third kappa shape index (κ3) is 2.54. The normalized spacial score (nSPS) is 19.0. The summed E-state index contributed by atoms with van der Waals surface area (Å²) in [4.78, 5) is 22.6. The predicted molar refractivity (Wildman–Crippen MR) is 76.2 cm³/mol. The number of esters is 1. The predicted octanol–water partition coefficient (Wildman–Crippen LogP) is -0.226. The standard InChI is InChI=1S/C13H18N6O2/c1-3-21-12(20)10-7-14-4-5-18(10)11-6-9(2)17-13-15-8-16-19(11)13/h6,8,10,14H,3-5,7H2,1-2H3. The molecule has 0 amide bonds. The second kappa shape index (κ2) is 5.65. The van der Waals surface area contributed by atoms with Crippen molar-refractivity contribution in [2.75, 3.05) is 31.1 Å². The topological polar surface area (TPSA) is 84.6 Å². The SMILES string of the molecule is CCOC(=O)C1CNCCN1c1cc(C)nc2ncnn12. The van der Waals surface area contributed by atoms with Crippen molar-refractivity contribution in [3.63, 3.8) is 0 Å². The van der Waals surface area contributed by atoms with E-state index in [9.17, 15) is 4.79 Å². The van der Waals surface area contributed by atoms with Crippen LogP contribution >= 0.6 is 0 Å². The second-order valence-corrected chi connectivity index (χ2v) is 4.89. The lowest BCUT2D eigenvalue weighted by Crippen LogP contribution is -2.56. The molecule has 1 unspecified atom stereocenters. The van der Waals surface area contributed by atoms with Crippen LogP contribution in [-0.2, 0) is 9.53 Å². The molecule has 1 atom stereocenters. The van der Waals surface area contributed by atoms with Gasteiger partial charge in [-0.2, -0.15) is 14.6 Å². The van der Waals surface area contributed by atoms with Gasteiger partial charge in [-0.05, 0) is 13.8 Å². The van der Waals surface area contributed by atoms with Crippen molar-refractivity contribution in [2.24, 2.45) is 0 Å². The summed E-state index contributed by atoms with van der Waals surface area (Å²) in [5.41, 5.74) is 0.839. The van der Waals surface area contributed by atoms with E-state index in [1.54, 1.807) is 4.52 Å². The number of ether oxygens (including phenoxy) is 1. The van der Waals surface area contributed by atoms with Crippen LogP contribution in [0, 0.1) is 6.92 Å². The average molecular weight is 290 g/mol. The summed E-state index contributed by atoms with van der Waals surface area (Å²) < 4.78 is 6.83. The van der Waals surface area contributed by atoms with Crippen LogP contribution in [0.2, 0.25) is 0 Å². The minimum atomic E-state index is -0.368. The molecule has 8 nitrogen and oxygen atoms in total. The van der Waals surface area contributed by atoms with E-state index in [0.29, 0.717) is 25.5 Å². The lowest BCUT2D eigenvalue weighted by Gasteiger charge is -2.36. The van der Waals surface area contributed by atoms with Gasteiger partial charge in [0.15, 0.2) is 0 Å². The van der Waals surface area contributed by atoms with Crippen LogP contribution in [0.1, 0.15) is 12.6 Å². The molecule has 21 heavy (non-hydrogen) atoms. The number of anilines is 1. The first-order chi connectivity index (χ1) is 10.2. The molecule has 1 aliphatic rings. The largest absolute Gasteiger partial charge is 0.464 e. The molecule has 1 N–H and O–H groups in total. The minimum Gasteiger partial charge on any atom is -0.464 e. The van der Waals surface area contributed by atoms with E-state index in [-0.39, 0.29) is 12.0 Å². The van der Waals surface area contributed by atoms with E-state index >= 15 is 0 Å². The third-order valence-corrected chi connectivity index (χ3v) is 3.46. The lowest BCUT2D eigenvalue weighted by atomic mass is 10.2. The molecule has 0 radical (unpaired) electrons. The number of hydrogen-bond acceptors (Lipinski definition) is 7. The van der Waals surface area contributed by atoms with Crippen LogP contribution in [0.3, 0.4) is 0 Å². The van der Waals surface area contributed by atoms with Gasteiger partial charge in [-0.1, -0.05) is 0 Å². The number of aryl methyl sites for hydroxylation is 1. The van der Waals surface area contributed by atoms with E-state index < -0.39 is 0 Å². The molecule has 0 aliphatic carbocycles. The van der Waals surface area contributed by atoms with Gasteiger partial charge in [-0.25, -0.2) is 9.78 Å². The highest BCUT2D eigenvalue weighted by Crippen LogP contribution is 2.20. The van der Waals surface area contributed by atoms with Crippen LogP contribution in [-0.4, -0.2) is 57.8 Å². The van der Waals surface area contributed by atoms with Crippen LogP contribution in [0.15, 0.2) is 12.4 Å². The second-order valence-electron chi connectivity index (χ2n) is 4.89. The van der Waals surface area contributed by atoms with Crippen LogP contribution in [0.25, 0.3) is 5.78 Å². The highest BCUT2D eigenvalue weighted by molar-refractivity contribution is 5.80. The molecule has 0 bridgehead atoms. The van der Waals surface area contributed by atoms with Gasteiger partial charge in [0.2, 0.25) is 0 Å². The molecule has 0 spiro atoms. The molecule has 3 rings (SSSR count). The molecule has 3 heterocycles. The van der Waals surface area contributed by atoms with Gasteiger partial charge < -0.3 is 15.0 Å². The first-order valence-corrected chi connectivity index (χ1v) is 7.02. The Morgan fingerprint density at radius 2 is 2.43 bits per heavy atom. The van der Waals surface area contributed by atoms with E-state index in [1.807, 2.05) is 24.8 Å². The van der Waals surface area contributed by atoms with Crippen molar-refractivity contribution in [2.45, 2.75) is 19.9 Å². The highest BCUT2D eigenvalue weighted by Gasteiger charge is 2.31. The maximum absolute atomic E-state index is 12.2. The first-order valence-electron chi connectivity index (χ1n) is 7.02. The number of piperazine rings is 1. The van der Waals surface area contributed by atoms with Crippen LogP contribution in [0.4, 0.5) is 5.82 Å². The number of hydrogen-bond donors (Lipinski definition) is 1. The van der Waals surface area contributed by atoms with Crippen molar-refractivity contribution in [1.82, 2.24) is 24.9 Å². The summed E-state index contributed by atoms with van der Waals surface area (Å²) >= 11 is 0. The fraction of sp³-hybridized carbons (Fsp3) is 0.538. The maximum Gasteiger partial charge on any atom is 0.330 e.